The van der Waals surface area contributed by atoms with Crippen LogP contribution in [0.25, 0.3) is 0 Å². The van der Waals surface area contributed by atoms with Crippen LogP contribution < -0.4 is 5.73 Å². The quantitative estimate of drug-likeness (QED) is 0.861. The number of nitrogen functional groups attached to an aromatic ring is 1. The highest BCUT2D eigenvalue weighted by molar-refractivity contribution is 5.89. The second-order valence-electron chi connectivity index (χ2n) is 5.61. The number of esters is 1. The maximum atomic E-state index is 12.3. The lowest BCUT2D eigenvalue weighted by atomic mass is 10.0. The molecule has 0 amide bonds. The molecule has 2 heterocycles. The van der Waals surface area contributed by atoms with Crippen molar-refractivity contribution in [2.75, 3.05) is 5.73 Å². The Labute approximate surface area is 120 Å². The van der Waals surface area contributed by atoms with Gasteiger partial charge in [0.15, 0.2) is 0 Å². The molecule has 1 saturated heterocycles. The zero-order valence-electron chi connectivity index (χ0n) is 12.5. The number of carbonyl (C=O) groups is 1. The monoisotopic (exact) mass is 280 g/mol. The maximum absolute atomic E-state index is 12.3. The highest BCUT2D eigenvalue weighted by Gasteiger charge is 2.28. The molecule has 20 heavy (non-hydrogen) atoms. The van der Waals surface area contributed by atoms with Crippen molar-refractivity contribution in [3.63, 3.8) is 0 Å². The van der Waals surface area contributed by atoms with E-state index >= 15 is 0 Å². The van der Waals surface area contributed by atoms with Gasteiger partial charge in [-0.2, -0.15) is 0 Å². The van der Waals surface area contributed by atoms with Crippen LogP contribution in [0.2, 0.25) is 0 Å². The topological polar surface area (TPSA) is 66.5 Å². The molecule has 2 rings (SSSR count). The molecule has 1 aromatic rings. The van der Waals surface area contributed by atoms with E-state index in [2.05, 4.69) is 6.92 Å². The van der Waals surface area contributed by atoms with Crippen LogP contribution in [0.5, 0.6) is 0 Å². The van der Waals surface area contributed by atoms with Crippen molar-refractivity contribution in [1.82, 2.24) is 4.57 Å². The first-order valence-electron chi connectivity index (χ1n) is 7.31. The number of aromatic nitrogens is 1. The number of hydrogen-bond acceptors (Lipinski definition) is 4. The number of rotatable bonds is 4. The summed E-state index contributed by atoms with van der Waals surface area (Å²) in [6.45, 7) is 6.85. The average Bonchev–Trinajstić information content (AvgIpc) is 2.69. The highest BCUT2D eigenvalue weighted by Crippen LogP contribution is 2.23. The first-order valence-corrected chi connectivity index (χ1v) is 7.31. The van der Waals surface area contributed by atoms with Gasteiger partial charge in [-0.05, 0) is 26.3 Å². The number of carbonyl (C=O) groups excluding carboxylic acids is 1. The van der Waals surface area contributed by atoms with Gasteiger partial charge in [-0.25, -0.2) is 4.79 Å². The zero-order chi connectivity index (χ0) is 14.7. The predicted molar refractivity (Wildman–Crippen MR) is 77.6 cm³/mol. The van der Waals surface area contributed by atoms with Crippen LogP contribution in [0.3, 0.4) is 0 Å². The second kappa shape index (κ2) is 6.31. The molecular weight excluding hydrogens is 256 g/mol. The fraction of sp³-hybridized carbons (Fsp3) is 0.667. The minimum atomic E-state index is -0.290. The van der Waals surface area contributed by atoms with E-state index in [0.29, 0.717) is 11.4 Å². The molecular formula is C15H24N2O3. The summed E-state index contributed by atoms with van der Waals surface area (Å²) in [5.41, 5.74) is 6.91. The molecule has 1 aromatic heterocycles. The molecule has 5 heteroatoms. The maximum Gasteiger partial charge on any atom is 0.355 e. The second-order valence-corrected chi connectivity index (χ2v) is 5.61. The molecule has 2 N–H and O–H groups in total. The zero-order valence-corrected chi connectivity index (χ0v) is 12.5. The van der Waals surface area contributed by atoms with Crippen LogP contribution in [0.15, 0.2) is 12.3 Å². The van der Waals surface area contributed by atoms with Crippen molar-refractivity contribution < 1.29 is 14.3 Å². The third-order valence-electron chi connectivity index (χ3n) is 3.52. The van der Waals surface area contributed by atoms with E-state index in [1.165, 1.54) is 0 Å². The van der Waals surface area contributed by atoms with Gasteiger partial charge in [-0.3, -0.25) is 0 Å². The highest BCUT2D eigenvalue weighted by atomic mass is 16.6. The lowest BCUT2D eigenvalue weighted by Crippen LogP contribution is -2.35. The Hall–Kier alpha value is -1.49. The van der Waals surface area contributed by atoms with Crippen molar-refractivity contribution >= 4 is 11.7 Å². The van der Waals surface area contributed by atoms with Crippen molar-refractivity contribution in [3.05, 3.63) is 18.0 Å². The Bertz CT molecular complexity index is 460. The summed E-state index contributed by atoms with van der Waals surface area (Å²) >= 11 is 0. The summed E-state index contributed by atoms with van der Waals surface area (Å²) < 4.78 is 13.1. The smallest absolute Gasteiger partial charge is 0.355 e. The molecule has 0 saturated carbocycles. The number of nitrogens with two attached hydrogens (primary N) is 1. The molecule has 0 aromatic carbocycles. The summed E-state index contributed by atoms with van der Waals surface area (Å²) in [5, 5.41) is 0. The van der Waals surface area contributed by atoms with Gasteiger partial charge in [-0.1, -0.05) is 6.92 Å². The van der Waals surface area contributed by atoms with Gasteiger partial charge >= 0.3 is 5.97 Å². The predicted octanol–water partition coefficient (Wildman–Crippen LogP) is 2.59. The minimum absolute atomic E-state index is 0.0764. The Balaban J connectivity index is 2.04. The Morgan fingerprint density at radius 3 is 2.70 bits per heavy atom. The number of aryl methyl sites for hydroxylation is 1. The van der Waals surface area contributed by atoms with Gasteiger partial charge in [0.2, 0.25) is 0 Å². The third-order valence-corrected chi connectivity index (χ3v) is 3.52. The summed E-state index contributed by atoms with van der Waals surface area (Å²) in [6, 6.07) is 1.68. The molecule has 0 radical (unpaired) electrons. The van der Waals surface area contributed by atoms with Crippen molar-refractivity contribution in [2.24, 2.45) is 0 Å². The Morgan fingerprint density at radius 2 is 2.10 bits per heavy atom. The molecule has 5 nitrogen and oxygen atoms in total. The molecule has 0 bridgehead atoms. The lowest BCUT2D eigenvalue weighted by molar-refractivity contribution is -0.0857. The van der Waals surface area contributed by atoms with Crippen molar-refractivity contribution in [2.45, 2.75) is 64.9 Å². The van der Waals surface area contributed by atoms with E-state index in [-0.39, 0.29) is 24.3 Å². The number of nitrogens with zero attached hydrogens (tertiary/aromatic N) is 1. The molecule has 0 spiro atoms. The van der Waals surface area contributed by atoms with Crippen LogP contribution in [0, 0.1) is 0 Å². The Kier molecular flexibility index (Phi) is 4.70. The van der Waals surface area contributed by atoms with Gasteiger partial charge in [0.05, 0.1) is 17.9 Å². The van der Waals surface area contributed by atoms with Crippen LogP contribution in [0.1, 0.15) is 50.5 Å². The number of anilines is 1. The number of ether oxygens (including phenoxy) is 2. The normalized spacial score (nSPS) is 26.4. The molecule has 2 atom stereocenters. The minimum Gasteiger partial charge on any atom is -0.458 e. The van der Waals surface area contributed by atoms with E-state index in [9.17, 15) is 4.79 Å². The van der Waals surface area contributed by atoms with E-state index in [1.54, 1.807) is 12.3 Å². The molecule has 1 aliphatic heterocycles. The first-order chi connectivity index (χ1) is 9.49. The summed E-state index contributed by atoms with van der Waals surface area (Å²) in [6.07, 6.45) is 4.41. The van der Waals surface area contributed by atoms with E-state index < -0.39 is 0 Å². The molecule has 1 aliphatic rings. The number of hydrogen-bond donors (Lipinski definition) is 1. The van der Waals surface area contributed by atoms with Crippen LogP contribution >= 0.6 is 0 Å². The van der Waals surface area contributed by atoms with Crippen molar-refractivity contribution in [3.8, 4) is 0 Å². The fourth-order valence-corrected chi connectivity index (χ4v) is 2.78. The summed E-state index contributed by atoms with van der Waals surface area (Å²) in [5.74, 6) is -0.290. The summed E-state index contributed by atoms with van der Waals surface area (Å²) in [7, 11) is 0. The van der Waals surface area contributed by atoms with Crippen LogP contribution in [0.4, 0.5) is 5.69 Å². The van der Waals surface area contributed by atoms with Gasteiger partial charge < -0.3 is 19.8 Å². The SMILES string of the molecule is CCCn1cc(N)cc1C(=O)OC1CC(C)OC(C)C1. The van der Waals surface area contributed by atoms with Gasteiger partial charge in [0.25, 0.3) is 0 Å². The van der Waals surface area contributed by atoms with E-state index in [1.807, 2.05) is 18.4 Å². The lowest BCUT2D eigenvalue weighted by Gasteiger charge is -2.31. The van der Waals surface area contributed by atoms with Crippen LogP contribution in [-0.2, 0) is 16.0 Å². The van der Waals surface area contributed by atoms with Gasteiger partial charge in [0.1, 0.15) is 11.8 Å². The average molecular weight is 280 g/mol. The van der Waals surface area contributed by atoms with E-state index in [4.69, 9.17) is 15.2 Å². The van der Waals surface area contributed by atoms with Gasteiger partial charge in [0, 0.05) is 25.6 Å². The Morgan fingerprint density at radius 1 is 1.45 bits per heavy atom. The van der Waals surface area contributed by atoms with Crippen LogP contribution in [-0.4, -0.2) is 28.8 Å². The molecule has 2 unspecified atom stereocenters. The molecule has 112 valence electrons. The molecule has 0 aliphatic carbocycles. The van der Waals surface area contributed by atoms with Crippen molar-refractivity contribution in [1.29, 1.82) is 0 Å². The van der Waals surface area contributed by atoms with Gasteiger partial charge in [-0.15, -0.1) is 0 Å². The largest absolute Gasteiger partial charge is 0.458 e. The van der Waals surface area contributed by atoms with E-state index in [0.717, 1.165) is 25.8 Å². The summed E-state index contributed by atoms with van der Waals surface area (Å²) in [4.78, 5) is 12.3. The third kappa shape index (κ3) is 3.54. The molecule has 1 fully saturated rings. The first kappa shape index (κ1) is 14.9. The standard InChI is InChI=1S/C15H24N2O3/c1-4-5-17-9-12(16)8-14(17)15(18)20-13-6-10(2)19-11(3)7-13/h8-11,13H,4-7,16H2,1-3H3. The fourth-order valence-electron chi connectivity index (χ4n) is 2.78.